The first kappa shape index (κ1) is 15.9. The zero-order valence-electron chi connectivity index (χ0n) is 11.5. The van der Waals surface area contributed by atoms with Crippen LogP contribution in [0.25, 0.3) is 0 Å². The van der Waals surface area contributed by atoms with E-state index in [0.29, 0.717) is 17.6 Å². The quantitative estimate of drug-likeness (QED) is 0.665. The van der Waals surface area contributed by atoms with Crippen LogP contribution in [-0.2, 0) is 9.59 Å². The molecule has 1 aromatic rings. The van der Waals surface area contributed by atoms with Gasteiger partial charge in [0.15, 0.2) is 0 Å². The van der Waals surface area contributed by atoms with Crippen molar-refractivity contribution in [2.45, 2.75) is 20.8 Å². The van der Waals surface area contributed by atoms with Crippen LogP contribution in [-0.4, -0.2) is 30.3 Å². The van der Waals surface area contributed by atoms with Gasteiger partial charge >= 0.3 is 5.97 Å². The van der Waals surface area contributed by atoms with E-state index in [9.17, 15) is 14.4 Å². The average Bonchev–Trinajstić information content (AvgIpc) is 2.77. The Morgan fingerprint density at radius 1 is 1.45 bits per heavy atom. The third kappa shape index (κ3) is 4.21. The number of thiophene rings is 1. The predicted octanol–water partition coefficient (Wildman–Crippen LogP) is 2.01. The number of amides is 1. The number of hydrogen-bond acceptors (Lipinski definition) is 4. The topological polar surface area (TPSA) is 74.7 Å². The first-order valence-corrected chi connectivity index (χ1v) is 6.66. The highest BCUT2D eigenvalue weighted by Crippen LogP contribution is 2.29. The number of carbonyl (C=O) groups excluding carboxylic acids is 2. The molecule has 1 amide bonds. The van der Waals surface area contributed by atoms with Crippen molar-refractivity contribution >= 4 is 35.7 Å². The number of carboxylic acid groups (broad SMARTS) is 1. The standard InChI is InChI=1S/C14H15NO4S/c1-14(2,3)5-4-10-8-11(12(20-10)13(18)19)15(9-17)6-7-16/h7-9H,6H2,1-3H3,(H,18,19). The van der Waals surface area contributed by atoms with Crippen molar-refractivity contribution in [2.75, 3.05) is 11.4 Å². The predicted molar refractivity (Wildman–Crippen MR) is 77.1 cm³/mol. The Morgan fingerprint density at radius 2 is 2.10 bits per heavy atom. The van der Waals surface area contributed by atoms with Crippen molar-refractivity contribution in [3.8, 4) is 11.8 Å². The van der Waals surface area contributed by atoms with Gasteiger partial charge in [0.05, 0.1) is 17.1 Å². The summed E-state index contributed by atoms with van der Waals surface area (Å²) in [4.78, 5) is 34.2. The molecule has 0 radical (unpaired) electrons. The van der Waals surface area contributed by atoms with Gasteiger partial charge in [0.2, 0.25) is 6.41 Å². The molecule has 0 unspecified atom stereocenters. The first-order valence-electron chi connectivity index (χ1n) is 5.84. The lowest BCUT2D eigenvalue weighted by molar-refractivity contribution is -0.111. The smallest absolute Gasteiger partial charge is 0.348 e. The Kier molecular flexibility index (Phi) is 5.06. The highest BCUT2D eigenvalue weighted by molar-refractivity contribution is 7.15. The van der Waals surface area contributed by atoms with Crippen molar-refractivity contribution < 1.29 is 19.5 Å². The molecule has 0 saturated heterocycles. The van der Waals surface area contributed by atoms with E-state index in [1.54, 1.807) is 0 Å². The van der Waals surface area contributed by atoms with Gasteiger partial charge < -0.3 is 14.8 Å². The number of anilines is 1. The summed E-state index contributed by atoms with van der Waals surface area (Å²) in [6, 6.07) is 1.52. The SMILES string of the molecule is CC(C)(C)C#Cc1cc(N(C=O)CC=O)c(C(=O)O)s1. The third-order valence-corrected chi connectivity index (χ3v) is 3.20. The molecule has 6 heteroatoms. The minimum atomic E-state index is -1.15. The maximum Gasteiger partial charge on any atom is 0.348 e. The Hall–Kier alpha value is -2.13. The molecular weight excluding hydrogens is 278 g/mol. The van der Waals surface area contributed by atoms with Crippen LogP contribution in [0, 0.1) is 17.3 Å². The van der Waals surface area contributed by atoms with E-state index in [-0.39, 0.29) is 22.5 Å². The fourth-order valence-corrected chi connectivity index (χ4v) is 2.20. The highest BCUT2D eigenvalue weighted by Gasteiger charge is 2.19. The van der Waals surface area contributed by atoms with Crippen LogP contribution in [0.1, 0.15) is 35.3 Å². The molecule has 1 heterocycles. The van der Waals surface area contributed by atoms with Gasteiger partial charge in [-0.05, 0) is 26.8 Å². The van der Waals surface area contributed by atoms with Crippen LogP contribution in [0.2, 0.25) is 0 Å². The second-order valence-electron chi connectivity index (χ2n) is 5.05. The van der Waals surface area contributed by atoms with Crippen LogP contribution >= 0.6 is 11.3 Å². The zero-order chi connectivity index (χ0) is 15.3. The van der Waals surface area contributed by atoms with Gasteiger partial charge in [-0.1, -0.05) is 11.8 Å². The molecule has 20 heavy (non-hydrogen) atoms. The van der Waals surface area contributed by atoms with Gasteiger partial charge in [0.1, 0.15) is 11.2 Å². The van der Waals surface area contributed by atoms with Gasteiger partial charge in [-0.2, -0.15) is 0 Å². The van der Waals surface area contributed by atoms with Crippen molar-refractivity contribution in [3.05, 3.63) is 15.8 Å². The Balaban J connectivity index is 3.26. The van der Waals surface area contributed by atoms with Crippen molar-refractivity contribution in [2.24, 2.45) is 5.41 Å². The molecule has 1 aromatic heterocycles. The van der Waals surface area contributed by atoms with Crippen LogP contribution in [0.4, 0.5) is 5.69 Å². The van der Waals surface area contributed by atoms with E-state index in [0.717, 1.165) is 16.2 Å². The lowest BCUT2D eigenvalue weighted by Crippen LogP contribution is -2.24. The number of carbonyl (C=O) groups is 3. The molecule has 1 rings (SSSR count). The van der Waals surface area contributed by atoms with Crippen LogP contribution in [0.5, 0.6) is 0 Å². The van der Waals surface area contributed by atoms with Crippen molar-refractivity contribution in [1.29, 1.82) is 0 Å². The number of carboxylic acids is 1. The highest BCUT2D eigenvalue weighted by atomic mass is 32.1. The maximum atomic E-state index is 11.2. The fourth-order valence-electron chi connectivity index (χ4n) is 1.34. The second-order valence-corrected chi connectivity index (χ2v) is 6.11. The summed E-state index contributed by atoms with van der Waals surface area (Å²) in [7, 11) is 0. The molecule has 0 fully saturated rings. The average molecular weight is 293 g/mol. The Labute approximate surface area is 121 Å². The van der Waals surface area contributed by atoms with Crippen molar-refractivity contribution in [1.82, 2.24) is 0 Å². The summed E-state index contributed by atoms with van der Waals surface area (Å²) in [5.41, 5.74) is -0.0106. The van der Waals surface area contributed by atoms with Gasteiger partial charge in [-0.15, -0.1) is 11.3 Å². The summed E-state index contributed by atoms with van der Waals surface area (Å²) >= 11 is 0.988. The van der Waals surface area contributed by atoms with Crippen LogP contribution in [0.15, 0.2) is 6.07 Å². The number of nitrogens with zero attached hydrogens (tertiary/aromatic N) is 1. The molecule has 0 saturated carbocycles. The molecule has 0 aliphatic heterocycles. The van der Waals surface area contributed by atoms with Crippen LogP contribution in [0.3, 0.4) is 0 Å². The van der Waals surface area contributed by atoms with Gasteiger partial charge in [0, 0.05) is 5.41 Å². The number of aromatic carboxylic acids is 1. The van der Waals surface area contributed by atoms with E-state index in [4.69, 9.17) is 5.11 Å². The molecule has 0 aromatic carbocycles. The van der Waals surface area contributed by atoms with E-state index in [1.807, 2.05) is 20.8 Å². The third-order valence-electron chi connectivity index (χ3n) is 2.18. The minimum Gasteiger partial charge on any atom is -0.477 e. The number of aldehydes is 1. The van der Waals surface area contributed by atoms with Crippen molar-refractivity contribution in [3.63, 3.8) is 0 Å². The summed E-state index contributed by atoms with van der Waals surface area (Å²) in [6.45, 7) is 5.64. The minimum absolute atomic E-state index is 0.00263. The molecule has 1 N–H and O–H groups in total. The lowest BCUT2D eigenvalue weighted by Gasteiger charge is -2.12. The molecule has 0 atom stereocenters. The Bertz CT molecular complexity index is 587. The Morgan fingerprint density at radius 3 is 2.55 bits per heavy atom. The molecule has 106 valence electrons. The monoisotopic (exact) mass is 293 g/mol. The summed E-state index contributed by atoms with van der Waals surface area (Å²) in [6.07, 6.45) is 0.974. The van der Waals surface area contributed by atoms with Gasteiger partial charge in [-0.3, -0.25) is 4.79 Å². The van der Waals surface area contributed by atoms with Gasteiger partial charge in [-0.25, -0.2) is 4.79 Å². The fraction of sp³-hybridized carbons (Fsp3) is 0.357. The zero-order valence-corrected chi connectivity index (χ0v) is 12.3. The summed E-state index contributed by atoms with van der Waals surface area (Å²) in [5, 5.41) is 9.15. The summed E-state index contributed by atoms with van der Waals surface area (Å²) < 4.78 is 0. The number of hydrogen-bond donors (Lipinski definition) is 1. The molecule has 0 aliphatic rings. The van der Waals surface area contributed by atoms with E-state index in [1.165, 1.54) is 6.07 Å². The lowest BCUT2D eigenvalue weighted by atomic mass is 9.98. The van der Waals surface area contributed by atoms with E-state index in [2.05, 4.69) is 11.8 Å². The molecule has 5 nitrogen and oxygen atoms in total. The first-order chi connectivity index (χ1) is 9.28. The second kappa shape index (κ2) is 6.35. The van der Waals surface area contributed by atoms with Crippen LogP contribution < -0.4 is 4.90 Å². The van der Waals surface area contributed by atoms with E-state index < -0.39 is 5.97 Å². The number of rotatable bonds is 5. The molecular formula is C14H15NO4S. The normalized spacial score (nSPS) is 10.3. The largest absolute Gasteiger partial charge is 0.477 e. The van der Waals surface area contributed by atoms with Gasteiger partial charge in [0.25, 0.3) is 0 Å². The molecule has 0 aliphatic carbocycles. The van der Waals surface area contributed by atoms with E-state index >= 15 is 0 Å². The molecule has 0 bridgehead atoms. The molecule has 0 spiro atoms. The maximum absolute atomic E-state index is 11.2. The summed E-state index contributed by atoms with van der Waals surface area (Å²) in [5.74, 6) is 4.75.